The van der Waals surface area contributed by atoms with Gasteiger partial charge in [0.15, 0.2) is 0 Å². The van der Waals surface area contributed by atoms with Crippen molar-refractivity contribution in [3.05, 3.63) is 22.4 Å². The molecule has 2 aromatic rings. The van der Waals surface area contributed by atoms with Gasteiger partial charge in [-0.05, 0) is 36.8 Å². The van der Waals surface area contributed by atoms with E-state index in [1.807, 2.05) is 22.4 Å². The predicted octanol–water partition coefficient (Wildman–Crippen LogP) is 3.04. The highest BCUT2D eigenvalue weighted by molar-refractivity contribution is 7.27. The molecule has 6 heteroatoms. The number of aliphatic carboxylic acids is 1. The molecule has 2 aromatic heterocycles. The Morgan fingerprint density at radius 2 is 2.15 bits per heavy atom. The first kappa shape index (κ1) is 12.3. The maximum absolute atomic E-state index is 12.7. The molecule has 0 aliphatic carbocycles. The first-order chi connectivity index (χ1) is 9.65. The van der Waals surface area contributed by atoms with Crippen LogP contribution in [0.1, 0.15) is 28.9 Å². The van der Waals surface area contributed by atoms with Gasteiger partial charge >= 0.3 is 5.97 Å². The first-order valence-electron chi connectivity index (χ1n) is 6.67. The zero-order valence-corrected chi connectivity index (χ0v) is 12.2. The maximum atomic E-state index is 12.7. The van der Waals surface area contributed by atoms with Crippen molar-refractivity contribution in [3.63, 3.8) is 0 Å². The van der Waals surface area contributed by atoms with Gasteiger partial charge in [0.1, 0.15) is 0 Å². The lowest BCUT2D eigenvalue weighted by Crippen LogP contribution is -2.37. The summed E-state index contributed by atoms with van der Waals surface area (Å²) in [5.41, 5.74) is 0. The number of carboxylic acids is 1. The van der Waals surface area contributed by atoms with Crippen LogP contribution in [0.5, 0.6) is 0 Å². The number of carbonyl (C=O) groups is 2. The number of amides is 1. The Hall–Kier alpha value is -1.40. The van der Waals surface area contributed by atoms with Crippen LogP contribution < -0.4 is 0 Å². The maximum Gasteiger partial charge on any atom is 0.308 e. The second kappa shape index (κ2) is 4.30. The molecule has 104 valence electrons. The molecule has 2 aliphatic heterocycles. The molecule has 2 aliphatic rings. The largest absolute Gasteiger partial charge is 0.481 e. The molecule has 4 nitrogen and oxygen atoms in total. The van der Waals surface area contributed by atoms with Crippen LogP contribution in [0.25, 0.3) is 9.40 Å². The van der Waals surface area contributed by atoms with Crippen LogP contribution in [0.15, 0.2) is 17.5 Å². The summed E-state index contributed by atoms with van der Waals surface area (Å²) in [6, 6.07) is 3.99. The Kier molecular flexibility index (Phi) is 2.65. The van der Waals surface area contributed by atoms with E-state index in [1.165, 1.54) is 11.3 Å². The lowest BCUT2D eigenvalue weighted by Gasteiger charge is -2.22. The topological polar surface area (TPSA) is 57.6 Å². The van der Waals surface area contributed by atoms with Crippen LogP contribution in [-0.4, -0.2) is 34.0 Å². The van der Waals surface area contributed by atoms with E-state index in [0.717, 1.165) is 27.1 Å². The minimum Gasteiger partial charge on any atom is -0.481 e. The zero-order chi connectivity index (χ0) is 13.9. The van der Waals surface area contributed by atoms with Crippen molar-refractivity contribution in [2.24, 2.45) is 5.92 Å². The molecular formula is C14H13NO3S2. The second-order valence-electron chi connectivity index (χ2n) is 5.45. The molecular weight excluding hydrogens is 294 g/mol. The van der Waals surface area contributed by atoms with Crippen LogP contribution in [0, 0.1) is 5.92 Å². The fraction of sp³-hybridized carbons (Fsp3) is 0.429. The van der Waals surface area contributed by atoms with Gasteiger partial charge in [-0.1, -0.05) is 0 Å². The molecule has 0 spiro atoms. The summed E-state index contributed by atoms with van der Waals surface area (Å²) in [6.07, 6.45) is 2.39. The highest BCUT2D eigenvalue weighted by Gasteiger charge is 2.51. The number of carbonyl (C=O) groups excluding carboxylic acids is 1. The van der Waals surface area contributed by atoms with Gasteiger partial charge in [0, 0.05) is 21.5 Å². The average Bonchev–Trinajstić information content (AvgIpc) is 3.15. The number of fused-ring (bicyclic) bond motifs is 3. The monoisotopic (exact) mass is 307 g/mol. The number of rotatable bonds is 2. The van der Waals surface area contributed by atoms with E-state index in [-0.39, 0.29) is 23.9 Å². The molecule has 2 bridgehead atoms. The van der Waals surface area contributed by atoms with Crippen molar-refractivity contribution in [2.45, 2.75) is 31.3 Å². The van der Waals surface area contributed by atoms with Crippen LogP contribution in [0.3, 0.4) is 0 Å². The average molecular weight is 307 g/mol. The molecule has 1 amide bonds. The summed E-state index contributed by atoms with van der Waals surface area (Å²) in [5.74, 6) is -1.12. The third-order valence-electron chi connectivity index (χ3n) is 4.44. The Labute approximate surface area is 123 Å². The van der Waals surface area contributed by atoms with Gasteiger partial charge < -0.3 is 10.0 Å². The minimum atomic E-state index is -0.762. The summed E-state index contributed by atoms with van der Waals surface area (Å²) >= 11 is 3.15. The van der Waals surface area contributed by atoms with Gasteiger partial charge in [0.05, 0.1) is 10.8 Å². The molecule has 2 fully saturated rings. The SMILES string of the molecule is O=C(O)C1CC2CCC1N2C(=O)c1cc2sccc2s1. The summed E-state index contributed by atoms with van der Waals surface area (Å²) in [5, 5.41) is 11.3. The Morgan fingerprint density at radius 3 is 2.85 bits per heavy atom. The fourth-order valence-electron chi connectivity index (χ4n) is 3.57. The number of thiophene rings is 2. The number of hydrogen-bond acceptors (Lipinski definition) is 4. The number of hydrogen-bond donors (Lipinski definition) is 1. The number of carboxylic acid groups (broad SMARTS) is 1. The first-order valence-corrected chi connectivity index (χ1v) is 8.37. The highest BCUT2D eigenvalue weighted by Crippen LogP contribution is 2.43. The molecule has 4 heterocycles. The standard InChI is InChI=1S/C14H13NO3S2/c16-13(12-6-11-10(20-12)3-4-19-11)15-7-1-2-9(15)8(5-7)14(17)18/h3-4,6-9H,1-2,5H2,(H,17,18). The third-order valence-corrected chi connectivity index (χ3v) is 6.52. The Bertz CT molecular complexity index is 676. The molecule has 1 N–H and O–H groups in total. The predicted molar refractivity (Wildman–Crippen MR) is 78.4 cm³/mol. The Balaban J connectivity index is 1.66. The van der Waals surface area contributed by atoms with Gasteiger partial charge in [-0.3, -0.25) is 9.59 Å². The Morgan fingerprint density at radius 1 is 1.30 bits per heavy atom. The van der Waals surface area contributed by atoms with Crippen molar-refractivity contribution < 1.29 is 14.7 Å². The van der Waals surface area contributed by atoms with E-state index in [2.05, 4.69) is 0 Å². The molecule has 0 aromatic carbocycles. The molecule has 3 unspecified atom stereocenters. The van der Waals surface area contributed by atoms with Gasteiger partial charge in [0.25, 0.3) is 5.91 Å². The zero-order valence-electron chi connectivity index (χ0n) is 10.6. The second-order valence-corrected chi connectivity index (χ2v) is 7.48. The molecule has 4 rings (SSSR count). The van der Waals surface area contributed by atoms with Crippen LogP contribution >= 0.6 is 22.7 Å². The van der Waals surface area contributed by atoms with Crippen molar-refractivity contribution in [1.29, 1.82) is 0 Å². The van der Waals surface area contributed by atoms with E-state index in [4.69, 9.17) is 0 Å². The van der Waals surface area contributed by atoms with E-state index in [1.54, 1.807) is 11.3 Å². The van der Waals surface area contributed by atoms with Crippen molar-refractivity contribution in [3.8, 4) is 0 Å². The quantitative estimate of drug-likeness (QED) is 0.927. The number of nitrogens with zero attached hydrogens (tertiary/aromatic N) is 1. The van der Waals surface area contributed by atoms with Crippen molar-refractivity contribution in [2.75, 3.05) is 0 Å². The fourth-order valence-corrected chi connectivity index (χ4v) is 5.62. The van der Waals surface area contributed by atoms with Gasteiger partial charge in [-0.15, -0.1) is 22.7 Å². The summed E-state index contributed by atoms with van der Waals surface area (Å²) in [4.78, 5) is 26.5. The molecule has 2 saturated heterocycles. The van der Waals surface area contributed by atoms with Crippen molar-refractivity contribution >= 4 is 43.9 Å². The van der Waals surface area contributed by atoms with Crippen LogP contribution in [-0.2, 0) is 4.79 Å². The molecule has 0 saturated carbocycles. The van der Waals surface area contributed by atoms with Gasteiger partial charge in [-0.2, -0.15) is 0 Å². The van der Waals surface area contributed by atoms with E-state index in [0.29, 0.717) is 6.42 Å². The van der Waals surface area contributed by atoms with Gasteiger partial charge in [-0.25, -0.2) is 0 Å². The minimum absolute atomic E-state index is 0.0228. The van der Waals surface area contributed by atoms with E-state index >= 15 is 0 Å². The molecule has 20 heavy (non-hydrogen) atoms. The van der Waals surface area contributed by atoms with Crippen LogP contribution in [0.4, 0.5) is 0 Å². The lowest BCUT2D eigenvalue weighted by atomic mass is 9.89. The third kappa shape index (κ3) is 1.64. The van der Waals surface area contributed by atoms with Crippen LogP contribution in [0.2, 0.25) is 0 Å². The summed E-state index contributed by atoms with van der Waals surface area (Å²) in [6.45, 7) is 0. The van der Waals surface area contributed by atoms with E-state index < -0.39 is 5.97 Å². The molecule has 0 radical (unpaired) electrons. The summed E-state index contributed by atoms with van der Waals surface area (Å²) < 4.78 is 2.28. The molecule has 3 atom stereocenters. The van der Waals surface area contributed by atoms with E-state index in [9.17, 15) is 14.7 Å². The lowest BCUT2D eigenvalue weighted by molar-refractivity contribution is -0.142. The van der Waals surface area contributed by atoms with Crippen molar-refractivity contribution in [1.82, 2.24) is 4.90 Å². The highest BCUT2D eigenvalue weighted by atomic mass is 32.1. The normalized spacial score (nSPS) is 28.4. The smallest absolute Gasteiger partial charge is 0.308 e. The van der Waals surface area contributed by atoms with Gasteiger partial charge in [0.2, 0.25) is 0 Å². The summed E-state index contributed by atoms with van der Waals surface area (Å²) in [7, 11) is 0.